The molecule has 1 aliphatic carbocycles. The van der Waals surface area contributed by atoms with Crippen molar-refractivity contribution in [2.45, 2.75) is 122 Å². The Balaban J connectivity index is 1.77. The minimum Gasteiger partial charge on any atom is -0.462 e. The van der Waals surface area contributed by atoms with Crippen LogP contribution in [0.2, 0.25) is 0 Å². The molecular formula is C35H52O8. The Hall–Kier alpha value is -2.07. The summed E-state index contributed by atoms with van der Waals surface area (Å²) in [6.45, 7) is 11.7. The van der Waals surface area contributed by atoms with Gasteiger partial charge in [-0.1, -0.05) is 55.9 Å². The van der Waals surface area contributed by atoms with Crippen LogP contribution in [-0.2, 0) is 23.7 Å². The van der Waals surface area contributed by atoms with Crippen LogP contribution in [0.15, 0.2) is 58.7 Å². The highest BCUT2D eigenvalue weighted by Gasteiger charge is 2.55. The largest absolute Gasteiger partial charge is 0.462 e. The predicted octanol–water partition coefficient (Wildman–Crippen LogP) is 5.09. The van der Waals surface area contributed by atoms with Crippen molar-refractivity contribution in [1.29, 1.82) is 0 Å². The number of aliphatic hydroxyl groups is 3. The zero-order valence-corrected chi connectivity index (χ0v) is 26.9. The number of allylic oxidation sites excluding steroid dienone is 5. The number of hydrogen-bond donors (Lipinski definition) is 3. The summed E-state index contributed by atoms with van der Waals surface area (Å²) in [6.07, 6.45) is 11.6. The van der Waals surface area contributed by atoms with E-state index in [1.54, 1.807) is 19.3 Å². The molecule has 1 spiro atoms. The van der Waals surface area contributed by atoms with E-state index in [9.17, 15) is 20.1 Å². The minimum atomic E-state index is -1.71. The van der Waals surface area contributed by atoms with Gasteiger partial charge in [0.1, 0.15) is 23.7 Å². The normalized spacial score (nSPS) is 41.6. The quantitative estimate of drug-likeness (QED) is 0.303. The molecule has 0 aromatic carbocycles. The summed E-state index contributed by atoms with van der Waals surface area (Å²) in [6, 6.07) is 0. The summed E-state index contributed by atoms with van der Waals surface area (Å²) < 4.78 is 25.1. The summed E-state index contributed by atoms with van der Waals surface area (Å²) in [7, 11) is 1.57. The Morgan fingerprint density at radius 1 is 1.16 bits per heavy atom. The second-order valence-electron chi connectivity index (χ2n) is 13.3. The molecule has 10 atom stereocenters. The van der Waals surface area contributed by atoms with Crippen LogP contribution in [0.1, 0.15) is 80.1 Å². The van der Waals surface area contributed by atoms with Crippen LogP contribution in [0, 0.1) is 17.8 Å². The van der Waals surface area contributed by atoms with Gasteiger partial charge in [-0.05, 0) is 75.5 Å². The molecule has 0 radical (unpaired) electrons. The number of methoxy groups -OCH3 is 1. The molecule has 8 nitrogen and oxygen atoms in total. The molecule has 2 bridgehead atoms. The topological polar surface area (TPSA) is 115 Å². The standard InChI is InChI=1S/C35H52O8/c1-8-23(4)32-25(6)16-31(37)35(43-32)18-28-17-27(42-35)13-12-22(3)14-21(2)10-9-11-26(20-36)34(39)19-30(40-7)24(5)15-29(34)33(38)41-28/h8-12,15,21,25,27-32,36-37,39H,13-14,16-20H2,1-7H3/b10-9?,22-12?,23-8+,26-11?/t21-,25-,27+,28-,29-,30-,31+,32+,34+,35-/m0/s1. The van der Waals surface area contributed by atoms with Crippen LogP contribution >= 0.6 is 0 Å². The Morgan fingerprint density at radius 2 is 1.91 bits per heavy atom. The molecule has 2 saturated heterocycles. The van der Waals surface area contributed by atoms with Crippen LogP contribution in [0.4, 0.5) is 0 Å². The van der Waals surface area contributed by atoms with Gasteiger partial charge in [0.2, 0.25) is 0 Å². The SMILES string of the molecule is C/C=C(\C)[C@H]1O[C@@]2(C[C@@H]3C[C@@H](CC=C(C)C[C@@H](C)C=CC=C(CO)[C@]4(O)C[C@H](OC)C(C)=C[C@H]4C(=O)O3)O2)[C@H](O)C[C@@H]1C. The van der Waals surface area contributed by atoms with Gasteiger partial charge in [-0.2, -0.15) is 0 Å². The van der Waals surface area contributed by atoms with E-state index in [0.29, 0.717) is 24.8 Å². The lowest BCUT2D eigenvalue weighted by Gasteiger charge is -2.52. The summed E-state index contributed by atoms with van der Waals surface area (Å²) in [5.41, 5.74) is 1.70. The highest BCUT2D eigenvalue weighted by atomic mass is 16.7. The molecule has 4 aliphatic rings. The third kappa shape index (κ3) is 7.26. The second kappa shape index (κ2) is 13.9. The van der Waals surface area contributed by atoms with Gasteiger partial charge in [-0.15, -0.1) is 0 Å². The molecule has 3 N–H and O–H groups in total. The van der Waals surface area contributed by atoms with E-state index in [0.717, 1.165) is 17.6 Å². The van der Waals surface area contributed by atoms with Crippen molar-refractivity contribution in [3.05, 3.63) is 58.7 Å². The van der Waals surface area contributed by atoms with E-state index >= 15 is 0 Å². The molecule has 0 unspecified atom stereocenters. The van der Waals surface area contributed by atoms with E-state index in [1.807, 2.05) is 39.0 Å². The molecule has 43 heavy (non-hydrogen) atoms. The van der Waals surface area contributed by atoms with Crippen molar-refractivity contribution < 1.29 is 39.1 Å². The van der Waals surface area contributed by atoms with Crippen molar-refractivity contribution in [1.82, 2.24) is 0 Å². The van der Waals surface area contributed by atoms with E-state index in [2.05, 4.69) is 26.8 Å². The van der Waals surface area contributed by atoms with E-state index in [1.165, 1.54) is 5.57 Å². The molecule has 2 fully saturated rings. The lowest BCUT2D eigenvalue weighted by molar-refractivity contribution is -0.363. The van der Waals surface area contributed by atoms with E-state index in [4.69, 9.17) is 18.9 Å². The average molecular weight is 601 g/mol. The number of aliphatic hydroxyl groups excluding tert-OH is 2. The molecule has 0 amide bonds. The third-order valence-corrected chi connectivity index (χ3v) is 9.86. The van der Waals surface area contributed by atoms with E-state index in [-0.39, 0.29) is 36.9 Å². The fraction of sp³-hybridized carbons (Fsp3) is 0.686. The lowest BCUT2D eigenvalue weighted by atomic mass is 9.71. The maximum absolute atomic E-state index is 14.0. The first kappa shape index (κ1) is 33.8. The molecule has 0 aromatic rings. The Labute approximate surface area is 257 Å². The van der Waals surface area contributed by atoms with Gasteiger partial charge in [0.05, 0.1) is 24.9 Å². The van der Waals surface area contributed by atoms with Gasteiger partial charge >= 0.3 is 5.97 Å². The minimum absolute atomic E-state index is 0.0896. The first-order chi connectivity index (χ1) is 20.3. The first-order valence-corrected chi connectivity index (χ1v) is 15.8. The van der Waals surface area contributed by atoms with Crippen LogP contribution in [-0.4, -0.2) is 76.9 Å². The van der Waals surface area contributed by atoms with Crippen molar-refractivity contribution in [3.8, 4) is 0 Å². The van der Waals surface area contributed by atoms with Gasteiger partial charge in [-0.25, -0.2) is 0 Å². The molecule has 4 rings (SSSR count). The zero-order chi connectivity index (χ0) is 31.5. The van der Waals surface area contributed by atoms with Crippen molar-refractivity contribution >= 4 is 5.97 Å². The number of carbonyl (C=O) groups excluding carboxylic acids is 1. The lowest BCUT2D eigenvalue weighted by Crippen LogP contribution is -2.61. The third-order valence-electron chi connectivity index (χ3n) is 9.86. The number of carbonyl (C=O) groups is 1. The van der Waals surface area contributed by atoms with Crippen LogP contribution in [0.3, 0.4) is 0 Å². The Morgan fingerprint density at radius 3 is 2.58 bits per heavy atom. The summed E-state index contributed by atoms with van der Waals surface area (Å²) in [5, 5.41) is 34.0. The van der Waals surface area contributed by atoms with Gasteiger partial charge in [0, 0.05) is 26.4 Å². The molecule has 3 aliphatic heterocycles. The van der Waals surface area contributed by atoms with Crippen LogP contribution < -0.4 is 0 Å². The number of esters is 1. The summed E-state index contributed by atoms with van der Waals surface area (Å²) >= 11 is 0. The maximum atomic E-state index is 14.0. The van der Waals surface area contributed by atoms with Gasteiger partial charge in [0.25, 0.3) is 0 Å². The highest BCUT2D eigenvalue weighted by Crippen LogP contribution is 2.46. The number of ether oxygens (including phenoxy) is 4. The van der Waals surface area contributed by atoms with E-state index < -0.39 is 48.2 Å². The summed E-state index contributed by atoms with van der Waals surface area (Å²) in [5.74, 6) is -2.67. The molecule has 3 heterocycles. The fourth-order valence-electron chi connectivity index (χ4n) is 7.23. The molecule has 8 heteroatoms. The molecular weight excluding hydrogens is 548 g/mol. The van der Waals surface area contributed by atoms with Crippen molar-refractivity contribution in [3.63, 3.8) is 0 Å². The van der Waals surface area contributed by atoms with Gasteiger partial charge < -0.3 is 34.3 Å². The second-order valence-corrected chi connectivity index (χ2v) is 13.3. The molecule has 0 aromatic heterocycles. The average Bonchev–Trinajstić information content (AvgIpc) is 2.96. The molecule has 240 valence electrons. The van der Waals surface area contributed by atoms with Gasteiger partial charge in [-0.3, -0.25) is 4.79 Å². The monoisotopic (exact) mass is 600 g/mol. The first-order valence-electron chi connectivity index (χ1n) is 15.8. The molecule has 0 saturated carbocycles. The number of rotatable bonds is 3. The van der Waals surface area contributed by atoms with Crippen molar-refractivity contribution in [2.24, 2.45) is 17.8 Å². The fourth-order valence-corrected chi connectivity index (χ4v) is 7.23. The smallest absolute Gasteiger partial charge is 0.316 e. The van der Waals surface area contributed by atoms with Gasteiger partial charge in [0.15, 0.2) is 5.79 Å². The Bertz CT molecular complexity index is 1170. The zero-order valence-electron chi connectivity index (χ0n) is 26.9. The number of hydrogen-bond acceptors (Lipinski definition) is 8. The van der Waals surface area contributed by atoms with Crippen LogP contribution in [0.5, 0.6) is 0 Å². The summed E-state index contributed by atoms with van der Waals surface area (Å²) in [4.78, 5) is 14.0. The maximum Gasteiger partial charge on any atom is 0.316 e. The Kier molecular flexibility index (Phi) is 10.9. The predicted molar refractivity (Wildman–Crippen MR) is 165 cm³/mol. The van der Waals surface area contributed by atoms with Crippen molar-refractivity contribution in [2.75, 3.05) is 13.7 Å². The van der Waals surface area contributed by atoms with Crippen LogP contribution in [0.25, 0.3) is 0 Å². The highest BCUT2D eigenvalue weighted by molar-refractivity contribution is 5.78. The number of fused-ring (bicyclic) bond motifs is 3.